The van der Waals surface area contributed by atoms with Crippen molar-refractivity contribution in [3.8, 4) is 0 Å². The second kappa shape index (κ2) is 5.32. The first kappa shape index (κ1) is 13.2. The lowest BCUT2D eigenvalue weighted by atomic mass is 10.1. The first-order valence-electron chi connectivity index (χ1n) is 6.36. The van der Waals surface area contributed by atoms with Gasteiger partial charge in [-0.1, -0.05) is 6.07 Å². The normalized spacial score (nSPS) is 14.2. The highest BCUT2D eigenvalue weighted by atomic mass is 32.2. The van der Waals surface area contributed by atoms with Gasteiger partial charge in [0.25, 0.3) is 0 Å². The van der Waals surface area contributed by atoms with Gasteiger partial charge in [-0.15, -0.1) is 0 Å². The Bertz CT molecular complexity index is 714. The third kappa shape index (κ3) is 2.72. The zero-order valence-electron chi connectivity index (χ0n) is 10.8. The van der Waals surface area contributed by atoms with E-state index < -0.39 is 10.0 Å². The van der Waals surface area contributed by atoms with Crippen LogP contribution in [0.15, 0.2) is 47.6 Å². The molecule has 1 aliphatic heterocycles. The van der Waals surface area contributed by atoms with Crippen LogP contribution < -0.4 is 10.0 Å². The Morgan fingerprint density at radius 2 is 1.85 bits per heavy atom. The van der Waals surface area contributed by atoms with Gasteiger partial charge in [-0.25, -0.2) is 13.1 Å². The van der Waals surface area contributed by atoms with Crippen molar-refractivity contribution in [2.75, 3.05) is 0 Å². The van der Waals surface area contributed by atoms with E-state index in [0.29, 0.717) is 4.90 Å². The molecule has 2 heterocycles. The summed E-state index contributed by atoms with van der Waals surface area (Å²) in [7, 11) is -3.48. The van der Waals surface area contributed by atoms with Gasteiger partial charge in [-0.2, -0.15) is 0 Å². The number of nitrogens with one attached hydrogen (secondary N) is 2. The summed E-state index contributed by atoms with van der Waals surface area (Å²) in [6.45, 7) is 1.79. The summed E-state index contributed by atoms with van der Waals surface area (Å²) in [4.78, 5) is 4.22. The maximum absolute atomic E-state index is 12.3. The largest absolute Gasteiger partial charge is 0.309 e. The van der Waals surface area contributed by atoms with Crippen molar-refractivity contribution in [3.63, 3.8) is 0 Å². The fraction of sp³-hybridized carbons (Fsp3) is 0.214. The molecule has 0 atom stereocenters. The summed E-state index contributed by atoms with van der Waals surface area (Å²) >= 11 is 0. The highest BCUT2D eigenvalue weighted by molar-refractivity contribution is 7.89. The number of fused-ring (bicyclic) bond motifs is 1. The predicted octanol–water partition coefficient (Wildman–Crippen LogP) is 1.16. The highest BCUT2D eigenvalue weighted by Gasteiger charge is 2.17. The van der Waals surface area contributed by atoms with Crippen LogP contribution in [0.2, 0.25) is 0 Å². The Hall–Kier alpha value is -1.76. The van der Waals surface area contributed by atoms with Gasteiger partial charge in [-0.3, -0.25) is 4.98 Å². The molecule has 0 aliphatic carbocycles. The number of pyridine rings is 1. The molecule has 2 aromatic rings. The van der Waals surface area contributed by atoms with E-state index in [9.17, 15) is 8.42 Å². The number of hydrogen-bond acceptors (Lipinski definition) is 4. The van der Waals surface area contributed by atoms with Crippen LogP contribution in [0.3, 0.4) is 0 Å². The van der Waals surface area contributed by atoms with E-state index in [1.807, 2.05) is 6.07 Å². The Kier molecular flexibility index (Phi) is 3.52. The van der Waals surface area contributed by atoms with Crippen molar-refractivity contribution in [3.05, 3.63) is 59.4 Å². The minimum atomic E-state index is -3.48. The van der Waals surface area contributed by atoms with Gasteiger partial charge in [0.15, 0.2) is 0 Å². The average Bonchev–Trinajstić information content (AvgIpc) is 2.94. The molecule has 1 aliphatic rings. The first-order valence-corrected chi connectivity index (χ1v) is 7.84. The molecular formula is C14H15N3O2S. The summed E-state index contributed by atoms with van der Waals surface area (Å²) in [5, 5.41) is 3.20. The van der Waals surface area contributed by atoms with Gasteiger partial charge in [-0.05, 0) is 41.0 Å². The second-order valence-electron chi connectivity index (χ2n) is 4.71. The number of benzene rings is 1. The summed E-state index contributed by atoms with van der Waals surface area (Å²) in [6.07, 6.45) is 3.29. The SMILES string of the molecule is O=S(=O)(NCc1ccncc1)c1ccc2c(c1)CNC2. The van der Waals surface area contributed by atoms with Gasteiger partial charge < -0.3 is 5.32 Å². The molecule has 0 fully saturated rings. The van der Waals surface area contributed by atoms with Crippen molar-refractivity contribution >= 4 is 10.0 Å². The van der Waals surface area contributed by atoms with Crippen LogP contribution in [0.1, 0.15) is 16.7 Å². The average molecular weight is 289 g/mol. The molecule has 1 aromatic carbocycles. The maximum atomic E-state index is 12.3. The number of hydrogen-bond donors (Lipinski definition) is 2. The topological polar surface area (TPSA) is 71.1 Å². The molecule has 0 bridgehead atoms. The standard InChI is InChI=1S/C14H15N3O2S/c18-20(19,17-8-11-3-5-15-6-4-11)14-2-1-12-9-16-10-13(12)7-14/h1-7,16-17H,8-10H2. The van der Waals surface area contributed by atoms with E-state index in [2.05, 4.69) is 15.0 Å². The quantitative estimate of drug-likeness (QED) is 0.886. The predicted molar refractivity (Wildman–Crippen MR) is 75.2 cm³/mol. The fourth-order valence-corrected chi connectivity index (χ4v) is 3.27. The first-order chi connectivity index (χ1) is 9.65. The molecular weight excluding hydrogens is 274 g/mol. The molecule has 0 amide bonds. The van der Waals surface area contributed by atoms with Crippen LogP contribution in [-0.2, 0) is 29.7 Å². The van der Waals surface area contributed by atoms with Crippen LogP contribution in [0, 0.1) is 0 Å². The maximum Gasteiger partial charge on any atom is 0.240 e. The Morgan fingerprint density at radius 3 is 2.65 bits per heavy atom. The lowest BCUT2D eigenvalue weighted by Gasteiger charge is -2.08. The van der Waals surface area contributed by atoms with E-state index in [-0.39, 0.29) is 6.54 Å². The van der Waals surface area contributed by atoms with E-state index in [1.54, 1.807) is 36.7 Å². The third-order valence-electron chi connectivity index (χ3n) is 3.33. The molecule has 5 nitrogen and oxygen atoms in total. The van der Waals surface area contributed by atoms with Crippen molar-refractivity contribution in [2.45, 2.75) is 24.5 Å². The zero-order valence-corrected chi connectivity index (χ0v) is 11.7. The molecule has 20 heavy (non-hydrogen) atoms. The van der Waals surface area contributed by atoms with E-state index in [4.69, 9.17) is 0 Å². The third-order valence-corrected chi connectivity index (χ3v) is 4.73. The highest BCUT2D eigenvalue weighted by Crippen LogP contribution is 2.20. The van der Waals surface area contributed by atoms with Crippen LogP contribution in [0.25, 0.3) is 0 Å². The summed E-state index contributed by atoms with van der Waals surface area (Å²) in [5.41, 5.74) is 3.10. The molecule has 3 rings (SSSR count). The second-order valence-corrected chi connectivity index (χ2v) is 6.48. The Morgan fingerprint density at radius 1 is 1.10 bits per heavy atom. The number of sulfonamides is 1. The molecule has 6 heteroatoms. The van der Waals surface area contributed by atoms with E-state index >= 15 is 0 Å². The minimum absolute atomic E-state index is 0.264. The summed E-state index contributed by atoms with van der Waals surface area (Å²) in [6, 6.07) is 8.84. The van der Waals surface area contributed by atoms with Crippen molar-refractivity contribution < 1.29 is 8.42 Å². The zero-order chi connectivity index (χ0) is 14.0. The number of rotatable bonds is 4. The van der Waals surface area contributed by atoms with E-state index in [0.717, 1.165) is 29.8 Å². The van der Waals surface area contributed by atoms with Gasteiger partial charge in [0.2, 0.25) is 10.0 Å². The molecule has 104 valence electrons. The minimum Gasteiger partial charge on any atom is -0.309 e. The van der Waals surface area contributed by atoms with Crippen molar-refractivity contribution in [1.82, 2.24) is 15.0 Å². The van der Waals surface area contributed by atoms with Crippen molar-refractivity contribution in [1.29, 1.82) is 0 Å². The van der Waals surface area contributed by atoms with Crippen molar-refractivity contribution in [2.24, 2.45) is 0 Å². The summed E-state index contributed by atoms with van der Waals surface area (Å²) in [5.74, 6) is 0. The molecule has 0 unspecified atom stereocenters. The molecule has 0 saturated carbocycles. The van der Waals surface area contributed by atoms with Gasteiger partial charge >= 0.3 is 0 Å². The number of nitrogens with zero attached hydrogens (tertiary/aromatic N) is 1. The lowest BCUT2D eigenvalue weighted by molar-refractivity contribution is 0.581. The van der Waals surface area contributed by atoms with Crippen LogP contribution in [0.5, 0.6) is 0 Å². The van der Waals surface area contributed by atoms with E-state index in [1.165, 1.54) is 0 Å². The molecule has 2 N–H and O–H groups in total. The van der Waals surface area contributed by atoms with Gasteiger partial charge in [0.05, 0.1) is 4.90 Å². The van der Waals surface area contributed by atoms with Crippen LogP contribution >= 0.6 is 0 Å². The monoisotopic (exact) mass is 289 g/mol. The van der Waals surface area contributed by atoms with Crippen LogP contribution in [-0.4, -0.2) is 13.4 Å². The van der Waals surface area contributed by atoms with Crippen LogP contribution in [0.4, 0.5) is 0 Å². The smallest absolute Gasteiger partial charge is 0.240 e. The molecule has 0 saturated heterocycles. The number of aromatic nitrogens is 1. The lowest BCUT2D eigenvalue weighted by Crippen LogP contribution is -2.23. The van der Waals surface area contributed by atoms with Gasteiger partial charge in [0.1, 0.15) is 0 Å². The summed E-state index contributed by atoms with van der Waals surface area (Å²) < 4.78 is 27.1. The molecule has 1 aromatic heterocycles. The molecule has 0 radical (unpaired) electrons. The Labute approximate surface area is 118 Å². The Balaban J connectivity index is 1.78. The fourth-order valence-electron chi connectivity index (χ4n) is 2.20. The molecule has 0 spiro atoms. The van der Waals surface area contributed by atoms with Gasteiger partial charge in [0, 0.05) is 32.0 Å².